The summed E-state index contributed by atoms with van der Waals surface area (Å²) in [4.78, 5) is 49.2. The first-order valence-corrected chi connectivity index (χ1v) is 13.6. The van der Waals surface area contributed by atoms with Crippen molar-refractivity contribution >= 4 is 23.9 Å². The fourth-order valence-corrected chi connectivity index (χ4v) is 7.24. The fourth-order valence-electron chi connectivity index (χ4n) is 7.24. The number of ether oxygens (including phenoxy) is 5. The highest BCUT2D eigenvalue weighted by Crippen LogP contribution is 2.66. The monoisotopic (exact) mass is 548 g/mol. The summed E-state index contributed by atoms with van der Waals surface area (Å²) in [5, 5.41) is 11.3. The first kappa shape index (κ1) is 29.3. The number of cyclic esters (lactones) is 1. The van der Waals surface area contributed by atoms with Crippen LogP contribution in [0.25, 0.3) is 0 Å². The molecule has 2 aliphatic heterocycles. The van der Waals surface area contributed by atoms with Crippen molar-refractivity contribution in [3.8, 4) is 0 Å². The zero-order chi connectivity index (χ0) is 28.8. The van der Waals surface area contributed by atoms with Crippen LogP contribution >= 0.6 is 0 Å². The molecule has 216 valence electrons. The van der Waals surface area contributed by atoms with E-state index in [9.17, 15) is 24.3 Å². The largest absolute Gasteiger partial charge is 0.462 e. The van der Waals surface area contributed by atoms with Gasteiger partial charge in [0.2, 0.25) is 0 Å². The predicted octanol–water partition coefficient (Wildman–Crippen LogP) is 2.80. The Balaban J connectivity index is 1.82. The Morgan fingerprint density at radius 1 is 1.23 bits per heavy atom. The highest BCUT2D eigenvalue weighted by Gasteiger charge is 2.73. The normalized spacial score (nSPS) is 38.3. The van der Waals surface area contributed by atoms with Gasteiger partial charge in [-0.25, -0.2) is 9.59 Å². The topological polar surface area (TPSA) is 138 Å². The molecular weight excluding hydrogens is 508 g/mol. The highest BCUT2D eigenvalue weighted by molar-refractivity contribution is 5.87. The zero-order valence-electron chi connectivity index (χ0n) is 23.6. The minimum Gasteiger partial charge on any atom is -0.462 e. The lowest BCUT2D eigenvalue weighted by molar-refractivity contribution is -0.247. The Morgan fingerprint density at radius 2 is 1.92 bits per heavy atom. The van der Waals surface area contributed by atoms with Gasteiger partial charge in [0.25, 0.3) is 0 Å². The summed E-state index contributed by atoms with van der Waals surface area (Å²) in [7, 11) is 0. The summed E-state index contributed by atoms with van der Waals surface area (Å²) in [5.41, 5.74) is -1.54. The van der Waals surface area contributed by atoms with Crippen molar-refractivity contribution in [1.82, 2.24) is 0 Å². The maximum Gasteiger partial charge on any atom is 0.333 e. The predicted molar refractivity (Wildman–Crippen MR) is 137 cm³/mol. The summed E-state index contributed by atoms with van der Waals surface area (Å²) < 4.78 is 28.9. The molecule has 4 aliphatic rings. The summed E-state index contributed by atoms with van der Waals surface area (Å²) >= 11 is 0. The molecule has 0 aromatic rings. The van der Waals surface area contributed by atoms with E-state index in [-0.39, 0.29) is 25.6 Å². The van der Waals surface area contributed by atoms with Crippen LogP contribution in [0.2, 0.25) is 0 Å². The van der Waals surface area contributed by atoms with E-state index in [0.717, 1.165) is 0 Å². The number of carbonyl (C=O) groups excluding carboxylic acids is 4. The van der Waals surface area contributed by atoms with Gasteiger partial charge in [-0.1, -0.05) is 19.9 Å². The van der Waals surface area contributed by atoms with Crippen LogP contribution in [0.3, 0.4) is 0 Å². The van der Waals surface area contributed by atoms with Gasteiger partial charge in [-0.2, -0.15) is 0 Å². The van der Waals surface area contributed by atoms with Crippen molar-refractivity contribution in [2.75, 3.05) is 19.8 Å². The third-order valence-electron chi connectivity index (χ3n) is 9.43. The number of rotatable bonds is 8. The first-order valence-electron chi connectivity index (χ1n) is 13.6. The minimum absolute atomic E-state index is 0.0222. The SMILES string of the molecule is C/C=C(\C)C(=O)OC1CCC2(CO2)C2C1C(C)(CC(O)C1=CC(=O)OC1)C(C)C[C@@]2(COC(C)=O)OC(C)=O. The standard InChI is InChI=1S/C29H40O10/c1-7-16(2)26(34)38-22-8-9-28(15-37-28)25-24(22)27(6,12-21(32)20-10-23(33)35-13-20)17(3)11-29(25,39-19(5)31)14-36-18(4)30/h7,10,17,21-22,24-25,32H,8-9,11-15H2,1-6H3/b16-7+/t17?,21?,22?,24?,25?,27?,28?,29-/m0/s1. The van der Waals surface area contributed by atoms with Crippen LogP contribution < -0.4 is 0 Å². The molecule has 0 radical (unpaired) electrons. The number of fused-ring (bicyclic) bond motifs is 2. The quantitative estimate of drug-likeness (QED) is 0.209. The number of aliphatic hydroxyl groups excluding tert-OH is 1. The molecule has 1 spiro atoms. The van der Waals surface area contributed by atoms with E-state index in [1.165, 1.54) is 19.9 Å². The molecule has 4 rings (SSSR count). The Labute approximate surface area is 229 Å². The van der Waals surface area contributed by atoms with Crippen LogP contribution in [0.4, 0.5) is 0 Å². The van der Waals surface area contributed by atoms with Gasteiger partial charge in [-0.05, 0) is 50.9 Å². The van der Waals surface area contributed by atoms with Crippen molar-refractivity contribution in [2.45, 2.75) is 90.6 Å². The van der Waals surface area contributed by atoms with Crippen molar-refractivity contribution in [3.63, 3.8) is 0 Å². The van der Waals surface area contributed by atoms with Gasteiger partial charge >= 0.3 is 23.9 Å². The maximum atomic E-state index is 13.0. The van der Waals surface area contributed by atoms with Crippen molar-refractivity contribution < 1.29 is 48.0 Å². The molecule has 2 heterocycles. The van der Waals surface area contributed by atoms with Gasteiger partial charge in [-0.3, -0.25) is 9.59 Å². The van der Waals surface area contributed by atoms with Gasteiger partial charge in [0.15, 0.2) is 5.60 Å². The van der Waals surface area contributed by atoms with Gasteiger partial charge in [0.1, 0.15) is 19.3 Å². The van der Waals surface area contributed by atoms with Crippen LogP contribution in [0.15, 0.2) is 23.3 Å². The number of aliphatic hydroxyl groups is 1. The number of carbonyl (C=O) groups is 4. The lowest BCUT2D eigenvalue weighted by atomic mass is 9.45. The molecule has 1 N–H and O–H groups in total. The molecule has 7 unspecified atom stereocenters. The molecule has 8 atom stereocenters. The number of esters is 4. The minimum atomic E-state index is -1.21. The summed E-state index contributed by atoms with van der Waals surface area (Å²) in [6.07, 6.45) is 3.17. The van der Waals surface area contributed by atoms with Crippen LogP contribution in [0.1, 0.15) is 67.2 Å². The molecule has 0 amide bonds. The lowest BCUT2D eigenvalue weighted by Gasteiger charge is -2.62. The van der Waals surface area contributed by atoms with Gasteiger partial charge in [0.05, 0.1) is 18.3 Å². The number of hydrogen-bond donors (Lipinski definition) is 1. The van der Waals surface area contributed by atoms with E-state index in [4.69, 9.17) is 23.7 Å². The van der Waals surface area contributed by atoms with E-state index >= 15 is 0 Å². The number of hydrogen-bond acceptors (Lipinski definition) is 10. The third kappa shape index (κ3) is 5.50. The first-order chi connectivity index (χ1) is 18.3. The molecular formula is C29H40O10. The number of epoxide rings is 1. The molecule has 2 saturated carbocycles. The molecule has 0 aromatic carbocycles. The van der Waals surface area contributed by atoms with E-state index in [2.05, 4.69) is 0 Å². The van der Waals surface area contributed by atoms with E-state index in [1.54, 1.807) is 19.9 Å². The van der Waals surface area contributed by atoms with E-state index < -0.39 is 64.5 Å². The Hall–Kier alpha value is -2.72. The molecule has 39 heavy (non-hydrogen) atoms. The lowest BCUT2D eigenvalue weighted by Crippen LogP contribution is -2.68. The highest BCUT2D eigenvalue weighted by atomic mass is 16.6. The molecule has 0 bridgehead atoms. The van der Waals surface area contributed by atoms with Gasteiger partial charge in [0, 0.05) is 42.9 Å². The van der Waals surface area contributed by atoms with Crippen LogP contribution in [-0.4, -0.2) is 72.2 Å². The van der Waals surface area contributed by atoms with Gasteiger partial charge < -0.3 is 28.8 Å². The second-order valence-electron chi connectivity index (χ2n) is 11.9. The molecule has 10 heteroatoms. The molecule has 0 aromatic heterocycles. The molecule has 10 nitrogen and oxygen atoms in total. The van der Waals surface area contributed by atoms with Crippen LogP contribution in [0.5, 0.6) is 0 Å². The fraction of sp³-hybridized carbons (Fsp3) is 0.724. The van der Waals surface area contributed by atoms with Crippen molar-refractivity contribution in [2.24, 2.45) is 23.2 Å². The van der Waals surface area contributed by atoms with E-state index in [0.29, 0.717) is 37.0 Å². The van der Waals surface area contributed by atoms with Gasteiger partial charge in [-0.15, -0.1) is 0 Å². The summed E-state index contributed by atoms with van der Waals surface area (Å²) in [6.45, 7) is 10.4. The molecule has 2 aliphatic carbocycles. The van der Waals surface area contributed by atoms with Crippen molar-refractivity contribution in [3.05, 3.63) is 23.3 Å². The summed E-state index contributed by atoms with van der Waals surface area (Å²) in [5.74, 6) is -3.02. The van der Waals surface area contributed by atoms with Crippen molar-refractivity contribution in [1.29, 1.82) is 0 Å². The Bertz CT molecular complexity index is 1090. The Morgan fingerprint density at radius 3 is 2.46 bits per heavy atom. The number of allylic oxidation sites excluding steroid dienone is 1. The molecule has 1 saturated heterocycles. The zero-order valence-corrected chi connectivity index (χ0v) is 23.6. The average Bonchev–Trinajstić information content (AvgIpc) is 3.49. The van der Waals surface area contributed by atoms with Crippen LogP contribution in [0, 0.1) is 23.2 Å². The van der Waals surface area contributed by atoms with E-state index in [1.807, 2.05) is 13.8 Å². The average molecular weight is 549 g/mol. The second-order valence-corrected chi connectivity index (χ2v) is 11.9. The second kappa shape index (κ2) is 10.7. The third-order valence-corrected chi connectivity index (χ3v) is 9.43. The summed E-state index contributed by atoms with van der Waals surface area (Å²) in [6, 6.07) is 0. The molecule has 3 fully saturated rings. The Kier molecular flexibility index (Phi) is 8.02. The smallest absolute Gasteiger partial charge is 0.333 e. The maximum absolute atomic E-state index is 13.0. The van der Waals surface area contributed by atoms with Crippen LogP contribution in [-0.2, 0) is 42.9 Å².